The van der Waals surface area contributed by atoms with Crippen molar-refractivity contribution >= 4 is 5.97 Å². The molecule has 1 rings (SSSR count). The summed E-state index contributed by atoms with van der Waals surface area (Å²) < 4.78 is 4.69. The van der Waals surface area contributed by atoms with Crippen LogP contribution in [0.25, 0.3) is 0 Å². The van der Waals surface area contributed by atoms with E-state index in [1.807, 2.05) is 6.92 Å². The Labute approximate surface area is 72.7 Å². The molecule has 1 aliphatic carbocycles. The highest BCUT2D eigenvalue weighted by molar-refractivity contribution is 5.76. The summed E-state index contributed by atoms with van der Waals surface area (Å²) in [6.45, 7) is 1.86. The van der Waals surface area contributed by atoms with Crippen molar-refractivity contribution in [3.05, 3.63) is 0 Å². The van der Waals surface area contributed by atoms with E-state index in [2.05, 4.69) is 0 Å². The molecule has 12 heavy (non-hydrogen) atoms. The summed E-state index contributed by atoms with van der Waals surface area (Å²) in [6.07, 6.45) is 2.76. The van der Waals surface area contributed by atoms with Gasteiger partial charge in [0.25, 0.3) is 0 Å². The Morgan fingerprint density at radius 1 is 1.67 bits per heavy atom. The zero-order valence-electron chi connectivity index (χ0n) is 7.67. The van der Waals surface area contributed by atoms with Crippen molar-refractivity contribution in [3.63, 3.8) is 0 Å². The van der Waals surface area contributed by atoms with Crippen LogP contribution in [-0.4, -0.2) is 24.3 Å². The van der Waals surface area contributed by atoms with E-state index in [1.165, 1.54) is 7.11 Å². The third-order valence-corrected chi connectivity index (χ3v) is 2.63. The van der Waals surface area contributed by atoms with Crippen molar-refractivity contribution < 1.29 is 14.6 Å². The molecule has 0 amide bonds. The summed E-state index contributed by atoms with van der Waals surface area (Å²) in [4.78, 5) is 11.3. The van der Waals surface area contributed by atoms with Crippen molar-refractivity contribution in [2.24, 2.45) is 5.41 Å². The van der Waals surface area contributed by atoms with Gasteiger partial charge in [-0.3, -0.25) is 4.79 Å². The lowest BCUT2D eigenvalue weighted by atomic mass is 9.74. The lowest BCUT2D eigenvalue weighted by Gasteiger charge is -2.33. The Balaban J connectivity index is 2.63. The molecule has 3 nitrogen and oxygen atoms in total. The minimum absolute atomic E-state index is 0.193. The Morgan fingerprint density at radius 2 is 2.33 bits per heavy atom. The van der Waals surface area contributed by atoms with E-state index >= 15 is 0 Å². The standard InChI is InChI=1S/C9H16O3/c1-9(8(11)12-2)5-3-4-7(10)6-9/h7,10H,3-6H2,1-2H3/t7-,9+/m1/s1. The molecule has 0 saturated heterocycles. The second-order valence-corrected chi connectivity index (χ2v) is 3.80. The van der Waals surface area contributed by atoms with Crippen molar-refractivity contribution in [2.75, 3.05) is 7.11 Å². The predicted molar refractivity (Wildman–Crippen MR) is 44.6 cm³/mol. The first-order valence-corrected chi connectivity index (χ1v) is 4.35. The van der Waals surface area contributed by atoms with Gasteiger partial charge in [-0.15, -0.1) is 0 Å². The maximum atomic E-state index is 11.3. The maximum Gasteiger partial charge on any atom is 0.311 e. The average molecular weight is 172 g/mol. The number of aliphatic hydroxyl groups excluding tert-OH is 1. The highest BCUT2D eigenvalue weighted by atomic mass is 16.5. The molecule has 0 unspecified atom stereocenters. The Hall–Kier alpha value is -0.570. The average Bonchev–Trinajstić information content (AvgIpc) is 2.02. The van der Waals surface area contributed by atoms with Gasteiger partial charge in [-0.05, 0) is 32.6 Å². The van der Waals surface area contributed by atoms with E-state index in [0.717, 1.165) is 19.3 Å². The van der Waals surface area contributed by atoms with Gasteiger partial charge in [0.1, 0.15) is 0 Å². The zero-order chi connectivity index (χ0) is 9.19. The monoisotopic (exact) mass is 172 g/mol. The molecule has 1 saturated carbocycles. The first-order chi connectivity index (χ1) is 5.58. The molecule has 0 heterocycles. The Morgan fingerprint density at radius 3 is 2.83 bits per heavy atom. The number of rotatable bonds is 1. The number of esters is 1. The van der Waals surface area contributed by atoms with Gasteiger partial charge < -0.3 is 9.84 Å². The number of ether oxygens (including phenoxy) is 1. The molecule has 0 aromatic carbocycles. The fourth-order valence-electron chi connectivity index (χ4n) is 1.88. The molecule has 3 heteroatoms. The van der Waals surface area contributed by atoms with Gasteiger partial charge in [-0.25, -0.2) is 0 Å². The van der Waals surface area contributed by atoms with Crippen LogP contribution in [0.15, 0.2) is 0 Å². The van der Waals surface area contributed by atoms with Crippen molar-refractivity contribution in [1.82, 2.24) is 0 Å². The summed E-state index contributed by atoms with van der Waals surface area (Å²) in [5.74, 6) is -0.193. The molecule has 1 fully saturated rings. The first-order valence-electron chi connectivity index (χ1n) is 4.35. The van der Waals surface area contributed by atoms with E-state index in [9.17, 15) is 9.90 Å². The van der Waals surface area contributed by atoms with E-state index in [0.29, 0.717) is 6.42 Å². The number of hydrogen-bond acceptors (Lipinski definition) is 3. The lowest BCUT2D eigenvalue weighted by molar-refractivity contribution is -0.156. The van der Waals surface area contributed by atoms with Gasteiger partial charge >= 0.3 is 5.97 Å². The number of carbonyl (C=O) groups is 1. The summed E-state index contributed by atoms with van der Waals surface area (Å²) in [7, 11) is 1.40. The number of hydrogen-bond donors (Lipinski definition) is 1. The minimum atomic E-state index is -0.452. The summed E-state index contributed by atoms with van der Waals surface area (Å²) in [5, 5.41) is 9.38. The molecule has 0 spiro atoms. The van der Waals surface area contributed by atoms with E-state index < -0.39 is 5.41 Å². The molecule has 0 bridgehead atoms. The Bertz CT molecular complexity index is 179. The van der Waals surface area contributed by atoms with E-state index in [1.54, 1.807) is 0 Å². The maximum absolute atomic E-state index is 11.3. The lowest BCUT2D eigenvalue weighted by Crippen LogP contribution is -2.36. The third kappa shape index (κ3) is 1.78. The molecule has 0 radical (unpaired) electrons. The summed E-state index contributed by atoms with van der Waals surface area (Å²) in [5.41, 5.74) is -0.452. The van der Waals surface area contributed by atoms with Crippen LogP contribution >= 0.6 is 0 Å². The van der Waals surface area contributed by atoms with Crippen LogP contribution in [0.3, 0.4) is 0 Å². The van der Waals surface area contributed by atoms with Gasteiger partial charge in [0, 0.05) is 0 Å². The van der Waals surface area contributed by atoms with Crippen LogP contribution in [0.1, 0.15) is 32.6 Å². The van der Waals surface area contributed by atoms with Crippen LogP contribution in [0.5, 0.6) is 0 Å². The number of aliphatic hydroxyl groups is 1. The SMILES string of the molecule is COC(=O)[C@@]1(C)CCC[C@@H](O)C1. The number of methoxy groups -OCH3 is 1. The normalized spacial score (nSPS) is 36.1. The smallest absolute Gasteiger partial charge is 0.311 e. The third-order valence-electron chi connectivity index (χ3n) is 2.63. The fourth-order valence-corrected chi connectivity index (χ4v) is 1.88. The fraction of sp³-hybridized carbons (Fsp3) is 0.889. The predicted octanol–water partition coefficient (Wildman–Crippen LogP) is 1.10. The van der Waals surface area contributed by atoms with Crippen LogP contribution in [0.2, 0.25) is 0 Å². The first kappa shape index (κ1) is 9.52. The zero-order valence-corrected chi connectivity index (χ0v) is 7.67. The number of carbonyl (C=O) groups excluding carboxylic acids is 1. The summed E-state index contributed by atoms with van der Waals surface area (Å²) >= 11 is 0. The van der Waals surface area contributed by atoms with Crippen molar-refractivity contribution in [2.45, 2.75) is 38.7 Å². The van der Waals surface area contributed by atoms with E-state index in [-0.39, 0.29) is 12.1 Å². The van der Waals surface area contributed by atoms with Gasteiger partial charge in [-0.2, -0.15) is 0 Å². The highest BCUT2D eigenvalue weighted by Crippen LogP contribution is 2.36. The van der Waals surface area contributed by atoms with Gasteiger partial charge in [0.05, 0.1) is 18.6 Å². The quantitative estimate of drug-likeness (QED) is 0.602. The molecule has 2 atom stereocenters. The second-order valence-electron chi connectivity index (χ2n) is 3.80. The van der Waals surface area contributed by atoms with Gasteiger partial charge in [0.15, 0.2) is 0 Å². The molecule has 0 aromatic heterocycles. The molecular formula is C9H16O3. The Kier molecular flexibility index (Phi) is 2.73. The molecular weight excluding hydrogens is 156 g/mol. The minimum Gasteiger partial charge on any atom is -0.469 e. The molecule has 1 N–H and O–H groups in total. The molecule has 0 aliphatic heterocycles. The largest absolute Gasteiger partial charge is 0.469 e. The van der Waals surface area contributed by atoms with E-state index in [4.69, 9.17) is 4.74 Å². The molecule has 1 aliphatic rings. The van der Waals surface area contributed by atoms with Crippen LogP contribution in [0, 0.1) is 5.41 Å². The van der Waals surface area contributed by atoms with Crippen LogP contribution < -0.4 is 0 Å². The van der Waals surface area contributed by atoms with Crippen LogP contribution in [-0.2, 0) is 9.53 Å². The molecule has 0 aromatic rings. The summed E-state index contributed by atoms with van der Waals surface area (Å²) in [6, 6.07) is 0. The van der Waals surface area contributed by atoms with Gasteiger partial charge in [-0.1, -0.05) is 0 Å². The highest BCUT2D eigenvalue weighted by Gasteiger charge is 2.38. The van der Waals surface area contributed by atoms with Crippen molar-refractivity contribution in [3.8, 4) is 0 Å². The van der Waals surface area contributed by atoms with Crippen LogP contribution in [0.4, 0.5) is 0 Å². The van der Waals surface area contributed by atoms with Gasteiger partial charge in [0.2, 0.25) is 0 Å². The topological polar surface area (TPSA) is 46.5 Å². The second kappa shape index (κ2) is 3.44. The van der Waals surface area contributed by atoms with Crippen molar-refractivity contribution in [1.29, 1.82) is 0 Å². The molecule has 70 valence electrons.